The maximum Gasteiger partial charge on any atom is 0.268 e. The van der Waals surface area contributed by atoms with Gasteiger partial charge >= 0.3 is 0 Å². The minimum atomic E-state index is -0.533. The molecule has 5 heteroatoms. The van der Waals surface area contributed by atoms with E-state index in [9.17, 15) is 9.59 Å². The summed E-state index contributed by atoms with van der Waals surface area (Å²) in [5.41, 5.74) is 2.47. The number of nitrogens with zero attached hydrogens (tertiary/aromatic N) is 1. The number of fused-ring (bicyclic) bond motifs is 1. The zero-order valence-corrected chi connectivity index (χ0v) is 19.2. The lowest BCUT2D eigenvalue weighted by Gasteiger charge is -2.33. The van der Waals surface area contributed by atoms with Crippen LogP contribution in [0, 0.1) is 11.8 Å². The van der Waals surface area contributed by atoms with Crippen molar-refractivity contribution in [3.63, 3.8) is 0 Å². The molecule has 1 fully saturated rings. The Morgan fingerprint density at radius 3 is 2.56 bits per heavy atom. The van der Waals surface area contributed by atoms with Gasteiger partial charge in [0, 0.05) is 11.6 Å². The predicted octanol–water partition coefficient (Wildman–Crippen LogP) is 5.94. The van der Waals surface area contributed by atoms with Crippen molar-refractivity contribution >= 4 is 23.2 Å². The Balaban J connectivity index is 1.45. The zero-order valence-electron chi connectivity index (χ0n) is 19.2. The Bertz CT molecular complexity index is 935. The second-order valence-electron chi connectivity index (χ2n) is 9.20. The van der Waals surface area contributed by atoms with Crippen LogP contribution < -0.4 is 15.0 Å². The van der Waals surface area contributed by atoms with Crippen LogP contribution in [0.4, 0.5) is 11.4 Å². The number of anilines is 2. The second kappa shape index (κ2) is 10.2. The minimum absolute atomic E-state index is 0.0715. The van der Waals surface area contributed by atoms with Crippen LogP contribution in [0.1, 0.15) is 64.4 Å². The van der Waals surface area contributed by atoms with Gasteiger partial charge in [0.25, 0.3) is 5.91 Å². The van der Waals surface area contributed by atoms with Crippen LogP contribution in [0.2, 0.25) is 0 Å². The molecule has 5 nitrogen and oxygen atoms in total. The summed E-state index contributed by atoms with van der Waals surface area (Å²) in [5.74, 6) is 1.53. The van der Waals surface area contributed by atoms with E-state index in [0.717, 1.165) is 37.2 Å². The second-order valence-corrected chi connectivity index (χ2v) is 9.20. The van der Waals surface area contributed by atoms with Gasteiger partial charge in [-0.15, -0.1) is 0 Å². The van der Waals surface area contributed by atoms with Crippen molar-refractivity contribution in [2.24, 2.45) is 11.8 Å². The molecule has 1 unspecified atom stereocenters. The van der Waals surface area contributed by atoms with E-state index in [1.807, 2.05) is 48.5 Å². The first-order chi connectivity index (χ1) is 15.5. The SMILES string of the molecule is CCCCC1CCC(C(=O)Nc2ccc3c(c2)N(Cc2ccccc2)C(=O)C(C)O3)CC1. The van der Waals surface area contributed by atoms with Gasteiger partial charge in [0.1, 0.15) is 5.75 Å². The number of hydrogen-bond acceptors (Lipinski definition) is 3. The van der Waals surface area contributed by atoms with Crippen molar-refractivity contribution in [2.75, 3.05) is 10.2 Å². The van der Waals surface area contributed by atoms with Gasteiger partial charge in [-0.05, 0) is 62.3 Å². The Hall–Kier alpha value is -2.82. The van der Waals surface area contributed by atoms with Crippen molar-refractivity contribution in [3.05, 3.63) is 54.1 Å². The summed E-state index contributed by atoms with van der Waals surface area (Å²) in [5, 5.41) is 3.10. The molecule has 1 atom stereocenters. The quantitative estimate of drug-likeness (QED) is 0.587. The van der Waals surface area contributed by atoms with Crippen LogP contribution in [0.25, 0.3) is 0 Å². The summed E-state index contributed by atoms with van der Waals surface area (Å²) in [6, 6.07) is 15.5. The number of amides is 2. The molecule has 0 aromatic heterocycles. The number of unbranched alkanes of at least 4 members (excludes halogenated alkanes) is 1. The fourth-order valence-electron chi connectivity index (χ4n) is 4.86. The van der Waals surface area contributed by atoms with Gasteiger partial charge in [0.15, 0.2) is 6.10 Å². The standard InChI is InChI=1S/C27H34N2O3/c1-3-4-8-20-11-13-22(14-12-20)26(30)28-23-15-16-25-24(17-23)29(27(31)19(2)32-25)18-21-9-6-5-7-10-21/h5-7,9-10,15-17,19-20,22H,3-4,8,11-14,18H2,1-2H3,(H,28,30). The molecule has 4 rings (SSSR count). The fraction of sp³-hybridized carbons (Fsp3) is 0.481. The van der Waals surface area contributed by atoms with Crippen LogP contribution in [0.3, 0.4) is 0 Å². The lowest BCUT2D eigenvalue weighted by Crippen LogP contribution is -2.44. The predicted molar refractivity (Wildman–Crippen MR) is 128 cm³/mol. The molecule has 0 bridgehead atoms. The number of benzene rings is 2. The van der Waals surface area contributed by atoms with Crippen molar-refractivity contribution in [1.82, 2.24) is 0 Å². The number of nitrogens with one attached hydrogen (secondary N) is 1. The van der Waals surface area contributed by atoms with Crippen LogP contribution in [-0.2, 0) is 16.1 Å². The summed E-state index contributed by atoms with van der Waals surface area (Å²) in [6.45, 7) is 4.48. The zero-order chi connectivity index (χ0) is 22.5. The van der Waals surface area contributed by atoms with Gasteiger partial charge in [-0.3, -0.25) is 9.59 Å². The number of carbonyl (C=O) groups excluding carboxylic acids is 2. The monoisotopic (exact) mass is 434 g/mol. The smallest absolute Gasteiger partial charge is 0.268 e. The molecule has 1 saturated carbocycles. The molecule has 1 heterocycles. The van der Waals surface area contributed by atoms with E-state index in [-0.39, 0.29) is 17.7 Å². The fourth-order valence-corrected chi connectivity index (χ4v) is 4.86. The number of carbonyl (C=O) groups is 2. The van der Waals surface area contributed by atoms with Crippen molar-refractivity contribution in [1.29, 1.82) is 0 Å². The Morgan fingerprint density at radius 1 is 1.09 bits per heavy atom. The average molecular weight is 435 g/mol. The highest BCUT2D eigenvalue weighted by Crippen LogP contribution is 2.38. The molecular formula is C27H34N2O3. The molecule has 2 aromatic rings. The molecule has 0 radical (unpaired) electrons. The summed E-state index contributed by atoms with van der Waals surface area (Å²) >= 11 is 0. The molecule has 32 heavy (non-hydrogen) atoms. The third kappa shape index (κ3) is 5.14. The molecule has 0 saturated heterocycles. The lowest BCUT2D eigenvalue weighted by molar-refractivity contribution is -0.125. The largest absolute Gasteiger partial charge is 0.479 e. The normalized spacial score (nSPS) is 22.8. The van der Waals surface area contributed by atoms with Gasteiger partial charge in [-0.25, -0.2) is 0 Å². The molecule has 0 spiro atoms. The van der Waals surface area contributed by atoms with Crippen molar-refractivity contribution < 1.29 is 14.3 Å². The van der Waals surface area contributed by atoms with Crippen LogP contribution in [-0.4, -0.2) is 17.9 Å². The highest BCUT2D eigenvalue weighted by atomic mass is 16.5. The number of rotatable bonds is 7. The van der Waals surface area contributed by atoms with E-state index in [4.69, 9.17) is 4.74 Å². The van der Waals surface area contributed by atoms with Crippen LogP contribution in [0.5, 0.6) is 5.75 Å². The minimum Gasteiger partial charge on any atom is -0.479 e. The van der Waals surface area contributed by atoms with E-state index in [2.05, 4.69) is 12.2 Å². The topological polar surface area (TPSA) is 58.6 Å². The number of hydrogen-bond donors (Lipinski definition) is 1. The van der Waals surface area contributed by atoms with Gasteiger partial charge in [0.2, 0.25) is 5.91 Å². The van der Waals surface area contributed by atoms with E-state index in [0.29, 0.717) is 23.7 Å². The van der Waals surface area contributed by atoms with E-state index in [1.165, 1.54) is 19.3 Å². The third-order valence-corrected chi connectivity index (χ3v) is 6.80. The Morgan fingerprint density at radius 2 is 1.84 bits per heavy atom. The maximum absolute atomic E-state index is 12.9. The summed E-state index contributed by atoms with van der Waals surface area (Å²) in [4.78, 5) is 27.6. The van der Waals surface area contributed by atoms with Crippen molar-refractivity contribution in [2.45, 2.75) is 71.4 Å². The molecule has 2 amide bonds. The van der Waals surface area contributed by atoms with Crippen LogP contribution >= 0.6 is 0 Å². The first kappa shape index (κ1) is 22.4. The molecule has 1 N–H and O–H groups in total. The van der Waals surface area contributed by atoms with Crippen molar-refractivity contribution in [3.8, 4) is 5.75 Å². The number of ether oxygens (including phenoxy) is 1. The Kier molecular flexibility index (Phi) is 7.13. The lowest BCUT2D eigenvalue weighted by atomic mass is 9.79. The van der Waals surface area contributed by atoms with E-state index < -0.39 is 6.10 Å². The average Bonchev–Trinajstić information content (AvgIpc) is 2.82. The van der Waals surface area contributed by atoms with Gasteiger partial charge in [-0.1, -0.05) is 56.5 Å². The molecule has 2 aliphatic rings. The van der Waals surface area contributed by atoms with E-state index >= 15 is 0 Å². The Labute approximate surface area is 191 Å². The molecule has 2 aromatic carbocycles. The third-order valence-electron chi connectivity index (χ3n) is 6.80. The van der Waals surface area contributed by atoms with E-state index in [1.54, 1.807) is 11.8 Å². The summed E-state index contributed by atoms with van der Waals surface area (Å²) in [6.07, 6.45) is 7.50. The molecule has 1 aliphatic heterocycles. The maximum atomic E-state index is 12.9. The van der Waals surface area contributed by atoms with Gasteiger partial charge in [0.05, 0.1) is 12.2 Å². The van der Waals surface area contributed by atoms with Crippen LogP contribution in [0.15, 0.2) is 48.5 Å². The first-order valence-electron chi connectivity index (χ1n) is 12.0. The summed E-state index contributed by atoms with van der Waals surface area (Å²) in [7, 11) is 0. The molecular weight excluding hydrogens is 400 g/mol. The molecule has 170 valence electrons. The molecule has 1 aliphatic carbocycles. The first-order valence-corrected chi connectivity index (χ1v) is 12.0. The van der Waals surface area contributed by atoms with Gasteiger partial charge in [-0.2, -0.15) is 0 Å². The summed E-state index contributed by atoms with van der Waals surface area (Å²) < 4.78 is 5.83. The highest BCUT2D eigenvalue weighted by Gasteiger charge is 2.32. The highest BCUT2D eigenvalue weighted by molar-refractivity contribution is 6.01. The van der Waals surface area contributed by atoms with Gasteiger partial charge < -0.3 is 15.0 Å².